The Hall–Kier alpha value is -2.86. The van der Waals surface area contributed by atoms with Crippen molar-refractivity contribution in [1.82, 2.24) is 14.8 Å². The molecule has 2 N–H and O–H groups in total. The third-order valence-corrected chi connectivity index (χ3v) is 8.01. The van der Waals surface area contributed by atoms with Gasteiger partial charge in [-0.2, -0.15) is 5.26 Å². The molecule has 174 valence electrons. The van der Waals surface area contributed by atoms with Crippen LogP contribution in [0.1, 0.15) is 56.4 Å². The van der Waals surface area contributed by atoms with Crippen LogP contribution >= 0.6 is 11.6 Å². The van der Waals surface area contributed by atoms with Crippen molar-refractivity contribution < 1.29 is 19.1 Å². The zero-order valence-electron chi connectivity index (χ0n) is 18.2. The predicted molar refractivity (Wildman–Crippen MR) is 117 cm³/mol. The van der Waals surface area contributed by atoms with Crippen LogP contribution in [-0.2, 0) is 14.3 Å². The molecule has 10 heteroatoms. The van der Waals surface area contributed by atoms with Crippen molar-refractivity contribution in [2.75, 3.05) is 6.54 Å². The van der Waals surface area contributed by atoms with Crippen molar-refractivity contribution in [3.05, 3.63) is 29.0 Å². The van der Waals surface area contributed by atoms with E-state index in [1.807, 2.05) is 11.0 Å². The van der Waals surface area contributed by atoms with E-state index in [0.717, 1.165) is 37.7 Å². The summed E-state index contributed by atoms with van der Waals surface area (Å²) in [7, 11) is 0. The van der Waals surface area contributed by atoms with Crippen molar-refractivity contribution in [3.8, 4) is 6.07 Å². The van der Waals surface area contributed by atoms with Crippen LogP contribution in [0, 0.1) is 17.2 Å². The number of nitrogens with zero attached hydrogens (tertiary/aromatic N) is 4. The van der Waals surface area contributed by atoms with Gasteiger partial charge < -0.3 is 20.3 Å². The summed E-state index contributed by atoms with van der Waals surface area (Å²) < 4.78 is 5.08. The molecule has 1 aromatic rings. The summed E-state index contributed by atoms with van der Waals surface area (Å²) in [4.78, 5) is 46.1. The fourth-order valence-electron chi connectivity index (χ4n) is 6.18. The largest absolute Gasteiger partial charge is 0.436 e. The first-order chi connectivity index (χ1) is 15.9. The number of nitrogens with two attached hydrogens (primary N) is 1. The van der Waals surface area contributed by atoms with Gasteiger partial charge in [-0.25, -0.2) is 4.79 Å². The number of amides is 3. The Morgan fingerprint density at radius 2 is 2.03 bits per heavy atom. The lowest BCUT2D eigenvalue weighted by atomic mass is 9.85. The first-order valence-corrected chi connectivity index (χ1v) is 11.8. The van der Waals surface area contributed by atoms with Crippen molar-refractivity contribution in [2.24, 2.45) is 11.7 Å². The summed E-state index contributed by atoms with van der Waals surface area (Å²) in [6.45, 7) is 0.392. The van der Waals surface area contributed by atoms with Crippen molar-refractivity contribution in [1.29, 1.82) is 5.26 Å². The van der Waals surface area contributed by atoms with E-state index in [1.54, 1.807) is 17.3 Å². The quantitative estimate of drug-likeness (QED) is 0.720. The van der Waals surface area contributed by atoms with E-state index in [4.69, 9.17) is 22.1 Å². The Labute approximate surface area is 196 Å². The van der Waals surface area contributed by atoms with Gasteiger partial charge in [0.1, 0.15) is 6.04 Å². The number of aromatic nitrogens is 1. The molecular weight excluding hydrogens is 446 g/mol. The third kappa shape index (κ3) is 3.61. The highest BCUT2D eigenvalue weighted by molar-refractivity contribution is 6.30. The topological polar surface area (TPSA) is 130 Å². The zero-order valence-corrected chi connectivity index (χ0v) is 18.9. The van der Waals surface area contributed by atoms with Crippen LogP contribution in [-0.4, -0.2) is 63.0 Å². The maximum Gasteiger partial charge on any atom is 0.405 e. The molecule has 1 spiro atoms. The number of fused-ring (bicyclic) bond motifs is 1. The lowest BCUT2D eigenvalue weighted by Crippen LogP contribution is -2.54. The fourth-order valence-corrected chi connectivity index (χ4v) is 6.37. The first-order valence-electron chi connectivity index (χ1n) is 11.5. The summed E-state index contributed by atoms with van der Waals surface area (Å²) >= 11 is 6.15. The molecular formula is C23H26ClN5O4. The van der Waals surface area contributed by atoms with Gasteiger partial charge in [0.25, 0.3) is 5.91 Å². The number of carbonyl (C=O) groups is 3. The predicted octanol–water partition coefficient (Wildman–Crippen LogP) is 2.34. The molecule has 4 aliphatic rings. The molecule has 0 bridgehead atoms. The molecule has 5 atom stereocenters. The highest BCUT2D eigenvalue weighted by Gasteiger charge is 2.64. The van der Waals surface area contributed by atoms with E-state index in [9.17, 15) is 19.6 Å². The Morgan fingerprint density at radius 3 is 2.70 bits per heavy atom. The normalized spacial score (nSPS) is 32.2. The van der Waals surface area contributed by atoms with Crippen LogP contribution in [0.4, 0.5) is 4.79 Å². The van der Waals surface area contributed by atoms with Crippen molar-refractivity contribution >= 4 is 29.5 Å². The number of hydrogen-bond acceptors (Lipinski definition) is 6. The molecule has 0 aromatic carbocycles. The van der Waals surface area contributed by atoms with E-state index in [0.29, 0.717) is 24.4 Å². The van der Waals surface area contributed by atoms with Crippen LogP contribution in [0.15, 0.2) is 18.5 Å². The second kappa shape index (κ2) is 8.17. The van der Waals surface area contributed by atoms with Gasteiger partial charge >= 0.3 is 6.09 Å². The van der Waals surface area contributed by atoms with E-state index >= 15 is 0 Å². The SMILES string of the molecule is N#C[C@@H]1[C@@H](c2cncc(Cl)c2)CN(C(=O)[C@@H]2CC[C@@H]3CCC[C@H](OC(N)=O)C(=O)N32)C12CC2. The monoisotopic (exact) mass is 471 g/mol. The Kier molecular flexibility index (Phi) is 5.44. The molecule has 1 aromatic heterocycles. The first kappa shape index (κ1) is 22.0. The number of primary amides is 1. The molecule has 33 heavy (non-hydrogen) atoms. The summed E-state index contributed by atoms with van der Waals surface area (Å²) in [5, 5.41) is 10.5. The Bertz CT molecular complexity index is 1040. The maximum absolute atomic E-state index is 13.9. The number of halogens is 1. The van der Waals surface area contributed by atoms with Gasteiger partial charge in [0.05, 0.1) is 22.5 Å². The van der Waals surface area contributed by atoms with Gasteiger partial charge in [-0.05, 0) is 56.6 Å². The summed E-state index contributed by atoms with van der Waals surface area (Å²) in [6, 6.07) is 3.59. The van der Waals surface area contributed by atoms with Gasteiger partial charge in [0.15, 0.2) is 6.10 Å². The number of ether oxygens (including phenoxy) is 1. The lowest BCUT2D eigenvalue weighted by molar-refractivity contribution is -0.150. The molecule has 0 unspecified atom stereocenters. The zero-order chi connectivity index (χ0) is 23.3. The van der Waals surface area contributed by atoms with E-state index in [1.165, 1.54) is 0 Å². The average molecular weight is 472 g/mol. The maximum atomic E-state index is 13.9. The summed E-state index contributed by atoms with van der Waals surface area (Å²) in [5.74, 6) is -1.01. The molecule has 9 nitrogen and oxygen atoms in total. The smallest absolute Gasteiger partial charge is 0.405 e. The van der Waals surface area contributed by atoms with Crippen LogP contribution in [0.5, 0.6) is 0 Å². The van der Waals surface area contributed by atoms with E-state index < -0.39 is 23.8 Å². The highest BCUT2D eigenvalue weighted by atomic mass is 35.5. The molecule has 3 aliphatic heterocycles. The summed E-state index contributed by atoms with van der Waals surface area (Å²) in [6.07, 6.45) is 6.03. The summed E-state index contributed by atoms with van der Waals surface area (Å²) in [5.41, 5.74) is 5.51. The molecule has 3 saturated heterocycles. The third-order valence-electron chi connectivity index (χ3n) is 7.80. The van der Waals surface area contributed by atoms with Crippen LogP contribution in [0.2, 0.25) is 5.02 Å². The molecule has 3 amide bonds. The van der Waals surface area contributed by atoms with Crippen molar-refractivity contribution in [3.63, 3.8) is 0 Å². The number of likely N-dealkylation sites (tertiary alicyclic amines) is 1. The van der Waals surface area contributed by atoms with Crippen LogP contribution < -0.4 is 5.73 Å². The standard InChI is InChI=1S/C23H26ClN5O4/c24-14-8-13(10-27-11-14)16-12-28(23(6-7-23)17(16)9-25)20(30)18-5-4-15-2-1-3-19(33-22(26)32)21(31)29(15)18/h8,10-11,15-19H,1-7,12H2,(H2,26,32)/t15-,16+,17+,18-,19-/m0/s1. The minimum atomic E-state index is -0.986. The van der Waals surface area contributed by atoms with Crippen LogP contribution in [0.25, 0.3) is 0 Å². The van der Waals surface area contributed by atoms with E-state index in [2.05, 4.69) is 11.1 Å². The molecule has 4 heterocycles. The number of pyridine rings is 1. The molecule has 5 rings (SSSR count). The number of carbonyl (C=O) groups excluding carboxylic acids is 3. The highest BCUT2D eigenvalue weighted by Crippen LogP contribution is 2.58. The molecule has 4 fully saturated rings. The molecule has 0 radical (unpaired) electrons. The van der Waals surface area contributed by atoms with Gasteiger partial charge in [0.2, 0.25) is 5.91 Å². The van der Waals surface area contributed by atoms with Gasteiger partial charge in [-0.1, -0.05) is 11.6 Å². The minimum Gasteiger partial charge on any atom is -0.436 e. The second-order valence-corrected chi connectivity index (χ2v) is 9.99. The van der Waals surface area contributed by atoms with Crippen molar-refractivity contribution in [2.45, 2.75) is 74.6 Å². The molecule has 1 aliphatic carbocycles. The van der Waals surface area contributed by atoms with Crippen LogP contribution in [0.3, 0.4) is 0 Å². The van der Waals surface area contributed by atoms with Gasteiger partial charge in [0, 0.05) is 30.9 Å². The Balaban J connectivity index is 1.42. The molecule has 1 saturated carbocycles. The van der Waals surface area contributed by atoms with Gasteiger partial charge in [-0.15, -0.1) is 0 Å². The number of rotatable bonds is 3. The Morgan fingerprint density at radius 1 is 1.24 bits per heavy atom. The minimum absolute atomic E-state index is 0.0506. The second-order valence-electron chi connectivity index (χ2n) is 9.55. The van der Waals surface area contributed by atoms with E-state index in [-0.39, 0.29) is 29.7 Å². The fraction of sp³-hybridized carbons (Fsp3) is 0.609. The lowest BCUT2D eigenvalue weighted by Gasteiger charge is -2.34. The number of nitriles is 1. The number of hydrogen-bond donors (Lipinski definition) is 1. The van der Waals surface area contributed by atoms with Gasteiger partial charge in [-0.3, -0.25) is 14.6 Å². The average Bonchev–Trinajstić information content (AvgIpc) is 3.37.